The zero-order chi connectivity index (χ0) is 10.1. The number of hydrogen-bond acceptors (Lipinski definition) is 4. The van der Waals surface area contributed by atoms with Gasteiger partial charge in [0.2, 0.25) is 0 Å². The maximum Gasteiger partial charge on any atom is 0.129 e. The van der Waals surface area contributed by atoms with Crippen LogP contribution in [-0.2, 0) is 0 Å². The van der Waals surface area contributed by atoms with Crippen molar-refractivity contribution in [3.63, 3.8) is 0 Å². The van der Waals surface area contributed by atoms with Crippen LogP contribution in [0.25, 0.3) is 0 Å². The highest BCUT2D eigenvalue weighted by Gasteiger charge is 2.18. The molecule has 0 fully saturated rings. The summed E-state index contributed by atoms with van der Waals surface area (Å²) in [6.07, 6.45) is 0. The number of aromatic hydroxyl groups is 2. The Morgan fingerprint density at radius 2 is 2.21 bits per heavy atom. The van der Waals surface area contributed by atoms with Crippen molar-refractivity contribution in [1.82, 2.24) is 0 Å². The van der Waals surface area contributed by atoms with E-state index in [0.29, 0.717) is 10.8 Å². The van der Waals surface area contributed by atoms with Gasteiger partial charge in [0.25, 0.3) is 0 Å². The Labute approximate surface area is 86.5 Å². The molecule has 1 aromatic rings. The van der Waals surface area contributed by atoms with Gasteiger partial charge in [0, 0.05) is 16.9 Å². The zero-order valence-electron chi connectivity index (χ0n) is 7.77. The van der Waals surface area contributed by atoms with Gasteiger partial charge in [0.15, 0.2) is 0 Å². The molecule has 14 heavy (non-hydrogen) atoms. The highest BCUT2D eigenvalue weighted by molar-refractivity contribution is 8.15. The van der Waals surface area contributed by atoms with Crippen molar-refractivity contribution in [1.29, 1.82) is 0 Å². The molecule has 3 nitrogen and oxygen atoms in total. The van der Waals surface area contributed by atoms with E-state index in [0.717, 1.165) is 11.6 Å². The molecule has 1 heterocycles. The third kappa shape index (κ3) is 1.70. The van der Waals surface area contributed by atoms with Crippen molar-refractivity contribution in [3.05, 3.63) is 23.8 Å². The van der Waals surface area contributed by atoms with Crippen molar-refractivity contribution in [2.75, 3.05) is 6.54 Å². The van der Waals surface area contributed by atoms with Crippen molar-refractivity contribution in [2.45, 2.75) is 12.2 Å². The minimum absolute atomic E-state index is 0.0721. The summed E-state index contributed by atoms with van der Waals surface area (Å²) in [5.74, 6) is 0.160. The molecule has 1 aromatic carbocycles. The van der Waals surface area contributed by atoms with Crippen LogP contribution in [-0.4, -0.2) is 27.1 Å². The lowest BCUT2D eigenvalue weighted by Gasteiger charge is -2.04. The summed E-state index contributed by atoms with van der Waals surface area (Å²) in [5.41, 5.74) is 0.706. The van der Waals surface area contributed by atoms with Crippen molar-refractivity contribution in [2.24, 2.45) is 4.99 Å². The first-order chi connectivity index (χ1) is 6.66. The van der Waals surface area contributed by atoms with Gasteiger partial charge in [-0.1, -0.05) is 6.92 Å². The first-order valence-corrected chi connectivity index (χ1v) is 5.28. The molecular formula is C10H11NO2S. The molecule has 0 aliphatic carbocycles. The van der Waals surface area contributed by atoms with Gasteiger partial charge in [-0.05, 0) is 12.1 Å². The Hall–Kier alpha value is -1.16. The van der Waals surface area contributed by atoms with E-state index >= 15 is 0 Å². The van der Waals surface area contributed by atoms with Crippen LogP contribution in [0.3, 0.4) is 0 Å². The molecule has 1 atom stereocenters. The van der Waals surface area contributed by atoms with Gasteiger partial charge in [-0.15, -0.1) is 11.8 Å². The highest BCUT2D eigenvalue weighted by atomic mass is 32.2. The predicted molar refractivity (Wildman–Crippen MR) is 58.2 cm³/mol. The summed E-state index contributed by atoms with van der Waals surface area (Å²) in [4.78, 5) is 4.32. The second kappa shape index (κ2) is 3.53. The van der Waals surface area contributed by atoms with E-state index in [1.54, 1.807) is 23.9 Å². The lowest BCUT2D eigenvalue weighted by molar-refractivity contribution is 0.450. The summed E-state index contributed by atoms with van der Waals surface area (Å²) in [6, 6.07) is 4.58. The Kier molecular flexibility index (Phi) is 2.37. The normalized spacial score (nSPS) is 20.9. The Morgan fingerprint density at radius 1 is 1.43 bits per heavy atom. The number of rotatable bonds is 1. The van der Waals surface area contributed by atoms with Crippen LogP contribution in [0, 0.1) is 0 Å². The minimum Gasteiger partial charge on any atom is -0.508 e. The molecule has 4 heteroatoms. The van der Waals surface area contributed by atoms with Crippen LogP contribution >= 0.6 is 11.8 Å². The van der Waals surface area contributed by atoms with Crippen LogP contribution in [0.15, 0.2) is 23.2 Å². The molecule has 0 radical (unpaired) electrons. The number of nitrogens with zero attached hydrogens (tertiary/aromatic N) is 1. The molecule has 0 saturated heterocycles. The zero-order valence-corrected chi connectivity index (χ0v) is 8.58. The first-order valence-electron chi connectivity index (χ1n) is 4.40. The molecule has 2 rings (SSSR count). The van der Waals surface area contributed by atoms with Crippen LogP contribution in [0.5, 0.6) is 11.5 Å². The van der Waals surface area contributed by atoms with E-state index in [9.17, 15) is 5.11 Å². The number of phenolic OH excluding ortho intramolecular Hbond substituents is 2. The summed E-state index contributed by atoms with van der Waals surface area (Å²) < 4.78 is 0. The fourth-order valence-corrected chi connectivity index (χ4v) is 2.30. The molecule has 1 aliphatic rings. The molecule has 0 aromatic heterocycles. The molecule has 74 valence electrons. The van der Waals surface area contributed by atoms with E-state index in [1.807, 2.05) is 0 Å². The third-order valence-electron chi connectivity index (χ3n) is 2.02. The molecule has 0 bridgehead atoms. The quantitative estimate of drug-likeness (QED) is 0.743. The van der Waals surface area contributed by atoms with Crippen LogP contribution < -0.4 is 0 Å². The summed E-state index contributed by atoms with van der Waals surface area (Å²) in [7, 11) is 0. The lowest BCUT2D eigenvalue weighted by Crippen LogP contribution is -1.95. The number of phenols is 2. The van der Waals surface area contributed by atoms with Gasteiger partial charge in [-0.2, -0.15) is 0 Å². The van der Waals surface area contributed by atoms with Gasteiger partial charge >= 0.3 is 0 Å². The molecule has 0 spiro atoms. The largest absolute Gasteiger partial charge is 0.508 e. The summed E-state index contributed by atoms with van der Waals surface area (Å²) in [5, 5.41) is 20.0. The number of hydrogen-bond donors (Lipinski definition) is 2. The van der Waals surface area contributed by atoms with Gasteiger partial charge in [0.05, 0.1) is 6.54 Å². The van der Waals surface area contributed by atoms with Crippen LogP contribution in [0.2, 0.25) is 0 Å². The number of aliphatic imine (C=N–C) groups is 1. The van der Waals surface area contributed by atoms with Crippen LogP contribution in [0.4, 0.5) is 0 Å². The first kappa shape index (κ1) is 9.40. The monoisotopic (exact) mass is 209 g/mol. The number of thioether (sulfide) groups is 1. The van der Waals surface area contributed by atoms with Crippen molar-refractivity contribution >= 4 is 16.8 Å². The topological polar surface area (TPSA) is 52.8 Å². The van der Waals surface area contributed by atoms with E-state index < -0.39 is 0 Å². The molecule has 2 N–H and O–H groups in total. The molecule has 1 aliphatic heterocycles. The van der Waals surface area contributed by atoms with Gasteiger partial charge in [0.1, 0.15) is 16.5 Å². The van der Waals surface area contributed by atoms with Crippen molar-refractivity contribution in [3.8, 4) is 11.5 Å². The summed E-state index contributed by atoms with van der Waals surface area (Å²) in [6.45, 7) is 2.89. The Morgan fingerprint density at radius 3 is 2.79 bits per heavy atom. The fourth-order valence-electron chi connectivity index (χ4n) is 1.33. The molecule has 0 amide bonds. The molecule has 0 saturated carbocycles. The number of benzene rings is 1. The average Bonchev–Trinajstić information content (AvgIpc) is 2.51. The van der Waals surface area contributed by atoms with Gasteiger partial charge in [-0.25, -0.2) is 0 Å². The third-order valence-corrected chi connectivity index (χ3v) is 3.14. The van der Waals surface area contributed by atoms with E-state index in [1.165, 1.54) is 6.07 Å². The molecule has 0 unspecified atom stereocenters. The summed E-state index contributed by atoms with van der Waals surface area (Å²) >= 11 is 1.65. The maximum atomic E-state index is 9.58. The lowest BCUT2D eigenvalue weighted by atomic mass is 10.2. The van der Waals surface area contributed by atoms with E-state index in [4.69, 9.17) is 5.11 Å². The molecular weight excluding hydrogens is 198 g/mol. The second-order valence-electron chi connectivity index (χ2n) is 3.28. The van der Waals surface area contributed by atoms with Crippen LogP contribution in [0.1, 0.15) is 12.5 Å². The standard InChI is InChI=1S/C10H11NO2S/c1-6-5-11-10(14-6)8-3-2-7(12)4-9(8)13/h2-4,6,12-13H,5H2,1H3/t6-/m1/s1. The van der Waals surface area contributed by atoms with Crippen molar-refractivity contribution < 1.29 is 10.2 Å². The van der Waals surface area contributed by atoms with Gasteiger partial charge < -0.3 is 10.2 Å². The average molecular weight is 209 g/mol. The SMILES string of the molecule is C[C@@H]1CN=C(c2ccc(O)cc2O)S1. The maximum absolute atomic E-state index is 9.58. The Bertz CT molecular complexity index is 390. The van der Waals surface area contributed by atoms with E-state index in [-0.39, 0.29) is 11.5 Å². The smallest absolute Gasteiger partial charge is 0.129 e. The van der Waals surface area contributed by atoms with Gasteiger partial charge in [-0.3, -0.25) is 4.99 Å². The fraction of sp³-hybridized carbons (Fsp3) is 0.300. The Balaban J connectivity index is 2.33. The predicted octanol–water partition coefficient (Wildman–Crippen LogP) is 1.98. The van der Waals surface area contributed by atoms with E-state index in [2.05, 4.69) is 11.9 Å². The second-order valence-corrected chi connectivity index (χ2v) is 4.70. The minimum atomic E-state index is 0.0721. The highest BCUT2D eigenvalue weighted by Crippen LogP contribution is 2.31.